The van der Waals surface area contributed by atoms with Crippen LogP contribution in [-0.2, 0) is 9.53 Å². The maximum atomic E-state index is 12.9. The highest BCUT2D eigenvalue weighted by Gasteiger charge is 2.31. The molecule has 0 aromatic heterocycles. The number of Topliss-reactive ketones (excluding diaryl/α,β-unsaturated/α-hetero) is 1. The van der Waals surface area contributed by atoms with Gasteiger partial charge in [0, 0.05) is 12.0 Å². The molecule has 1 aromatic carbocycles. The number of hydrogen-bond acceptors (Lipinski definition) is 3. The zero-order valence-electron chi connectivity index (χ0n) is 8.12. The number of cyclic esters (lactones) is 1. The number of rotatable bonds is 2. The van der Waals surface area contributed by atoms with Gasteiger partial charge >= 0.3 is 5.97 Å². The van der Waals surface area contributed by atoms with Gasteiger partial charge in [-0.15, -0.1) is 0 Å². The molecule has 0 radical (unpaired) electrons. The summed E-state index contributed by atoms with van der Waals surface area (Å²) in [6.07, 6.45) is -0.407. The lowest BCUT2D eigenvalue weighted by molar-refractivity contribution is -0.118. The summed E-state index contributed by atoms with van der Waals surface area (Å²) in [5.74, 6) is -1.10. The Morgan fingerprint density at radius 1 is 1.53 bits per heavy atom. The molecule has 0 amide bonds. The van der Waals surface area contributed by atoms with E-state index >= 15 is 0 Å². The number of ketones is 1. The smallest absolute Gasteiger partial charge is 0.339 e. The van der Waals surface area contributed by atoms with Crippen molar-refractivity contribution in [3.63, 3.8) is 0 Å². The fourth-order valence-electron chi connectivity index (χ4n) is 1.65. The van der Waals surface area contributed by atoms with Gasteiger partial charge in [-0.1, -0.05) is 6.07 Å². The van der Waals surface area contributed by atoms with Gasteiger partial charge in [-0.2, -0.15) is 0 Å². The van der Waals surface area contributed by atoms with E-state index in [0.29, 0.717) is 5.56 Å². The van der Waals surface area contributed by atoms with Crippen LogP contribution in [0.4, 0.5) is 4.39 Å². The summed E-state index contributed by atoms with van der Waals surface area (Å²) >= 11 is 0. The molecule has 3 nitrogen and oxygen atoms in total. The molecule has 1 atom stereocenters. The van der Waals surface area contributed by atoms with E-state index in [1.807, 2.05) is 0 Å². The van der Waals surface area contributed by atoms with Crippen molar-refractivity contribution in [2.24, 2.45) is 0 Å². The van der Waals surface area contributed by atoms with Crippen molar-refractivity contribution in [3.05, 3.63) is 35.1 Å². The number of halogens is 1. The van der Waals surface area contributed by atoms with Crippen LogP contribution in [0.15, 0.2) is 18.2 Å². The molecular weight excluding hydrogens is 199 g/mol. The highest BCUT2D eigenvalue weighted by molar-refractivity contribution is 5.94. The third kappa shape index (κ3) is 1.75. The van der Waals surface area contributed by atoms with Gasteiger partial charge in [0.25, 0.3) is 0 Å². The number of ether oxygens (including phenoxy) is 1. The van der Waals surface area contributed by atoms with Crippen LogP contribution in [-0.4, -0.2) is 11.8 Å². The Bertz CT molecular complexity index is 439. The van der Waals surface area contributed by atoms with Crippen molar-refractivity contribution >= 4 is 11.8 Å². The SMILES string of the molecule is CC(=O)C[C@H]1OC(=O)c2cc(F)ccc21. The maximum absolute atomic E-state index is 12.9. The summed E-state index contributed by atoms with van der Waals surface area (Å²) in [4.78, 5) is 22.2. The molecule has 0 N–H and O–H groups in total. The minimum atomic E-state index is -0.559. The predicted octanol–water partition coefficient (Wildman–Crippen LogP) is 2.02. The first kappa shape index (κ1) is 9.83. The summed E-state index contributed by atoms with van der Waals surface area (Å²) in [5.41, 5.74) is 0.817. The van der Waals surface area contributed by atoms with Crippen molar-refractivity contribution in [1.82, 2.24) is 0 Å². The van der Waals surface area contributed by atoms with Crippen LogP contribution in [0.2, 0.25) is 0 Å². The average Bonchev–Trinajstić information content (AvgIpc) is 2.42. The van der Waals surface area contributed by atoms with E-state index in [4.69, 9.17) is 4.74 Å². The van der Waals surface area contributed by atoms with Crippen LogP contribution in [0, 0.1) is 5.82 Å². The Morgan fingerprint density at radius 3 is 2.93 bits per heavy atom. The van der Waals surface area contributed by atoms with Gasteiger partial charge in [-0.3, -0.25) is 4.79 Å². The number of fused-ring (bicyclic) bond motifs is 1. The molecule has 0 fully saturated rings. The van der Waals surface area contributed by atoms with Crippen LogP contribution in [0.5, 0.6) is 0 Å². The van der Waals surface area contributed by atoms with Crippen molar-refractivity contribution in [2.45, 2.75) is 19.4 Å². The van der Waals surface area contributed by atoms with Crippen molar-refractivity contribution in [3.8, 4) is 0 Å². The highest BCUT2D eigenvalue weighted by atomic mass is 19.1. The average molecular weight is 208 g/mol. The zero-order chi connectivity index (χ0) is 11.0. The van der Waals surface area contributed by atoms with E-state index in [2.05, 4.69) is 0 Å². The number of carbonyl (C=O) groups excluding carboxylic acids is 2. The van der Waals surface area contributed by atoms with Crippen molar-refractivity contribution in [1.29, 1.82) is 0 Å². The molecule has 1 heterocycles. The summed E-state index contributed by atoms with van der Waals surface area (Å²) in [5, 5.41) is 0. The Kier molecular flexibility index (Phi) is 2.26. The van der Waals surface area contributed by atoms with E-state index in [9.17, 15) is 14.0 Å². The summed E-state index contributed by atoms with van der Waals surface area (Å²) in [6, 6.07) is 3.88. The first-order valence-electron chi connectivity index (χ1n) is 4.58. The molecule has 0 unspecified atom stereocenters. The van der Waals surface area contributed by atoms with Crippen LogP contribution in [0.3, 0.4) is 0 Å². The monoisotopic (exact) mass is 208 g/mol. The number of hydrogen-bond donors (Lipinski definition) is 0. The Morgan fingerprint density at radius 2 is 2.27 bits per heavy atom. The van der Waals surface area contributed by atoms with Gasteiger partial charge in [0.2, 0.25) is 0 Å². The lowest BCUT2D eigenvalue weighted by atomic mass is 10.0. The summed E-state index contributed by atoms with van der Waals surface area (Å²) < 4.78 is 17.8. The standard InChI is InChI=1S/C11H9FO3/c1-6(13)4-10-8-3-2-7(12)5-9(8)11(14)15-10/h2-3,5,10H,4H2,1H3/t10-/m1/s1. The molecular formula is C11H9FO3. The van der Waals surface area contributed by atoms with Crippen LogP contribution in [0.25, 0.3) is 0 Å². The number of carbonyl (C=O) groups is 2. The molecule has 15 heavy (non-hydrogen) atoms. The second kappa shape index (κ2) is 3.46. The summed E-state index contributed by atoms with van der Waals surface area (Å²) in [7, 11) is 0. The zero-order valence-corrected chi connectivity index (χ0v) is 8.12. The maximum Gasteiger partial charge on any atom is 0.339 e. The predicted molar refractivity (Wildman–Crippen MR) is 49.9 cm³/mol. The molecule has 2 rings (SSSR count). The van der Waals surface area contributed by atoms with E-state index in [-0.39, 0.29) is 17.8 Å². The minimum absolute atomic E-state index is 0.0648. The molecule has 0 saturated heterocycles. The molecule has 1 aliphatic heterocycles. The van der Waals surface area contributed by atoms with Gasteiger partial charge < -0.3 is 4.74 Å². The Hall–Kier alpha value is -1.71. The van der Waals surface area contributed by atoms with E-state index in [1.165, 1.54) is 19.1 Å². The van der Waals surface area contributed by atoms with Crippen LogP contribution in [0.1, 0.15) is 35.4 Å². The molecule has 0 aliphatic carbocycles. The van der Waals surface area contributed by atoms with Gasteiger partial charge in [0.15, 0.2) is 0 Å². The molecule has 1 aliphatic rings. The first-order chi connectivity index (χ1) is 7.08. The number of benzene rings is 1. The van der Waals surface area contributed by atoms with E-state index in [1.54, 1.807) is 0 Å². The lowest BCUT2D eigenvalue weighted by Crippen LogP contribution is -2.03. The van der Waals surface area contributed by atoms with Gasteiger partial charge in [0.05, 0.1) is 5.56 Å². The van der Waals surface area contributed by atoms with Gasteiger partial charge in [-0.25, -0.2) is 9.18 Å². The summed E-state index contributed by atoms with van der Waals surface area (Å²) in [6.45, 7) is 1.43. The minimum Gasteiger partial charge on any atom is -0.453 e. The molecule has 0 saturated carbocycles. The largest absolute Gasteiger partial charge is 0.453 e. The van der Waals surface area contributed by atoms with Gasteiger partial charge in [0.1, 0.15) is 17.7 Å². The molecule has 0 spiro atoms. The Labute approximate surface area is 85.9 Å². The third-order valence-corrected chi connectivity index (χ3v) is 2.30. The van der Waals surface area contributed by atoms with Crippen molar-refractivity contribution < 1.29 is 18.7 Å². The number of esters is 1. The first-order valence-corrected chi connectivity index (χ1v) is 4.58. The normalized spacial score (nSPS) is 18.5. The highest BCUT2D eigenvalue weighted by Crippen LogP contribution is 2.33. The van der Waals surface area contributed by atoms with Gasteiger partial charge in [-0.05, 0) is 19.1 Å². The lowest BCUT2D eigenvalue weighted by Gasteiger charge is -2.07. The van der Waals surface area contributed by atoms with Crippen molar-refractivity contribution in [2.75, 3.05) is 0 Å². The second-order valence-corrected chi connectivity index (χ2v) is 3.53. The Balaban J connectivity index is 2.38. The fourth-order valence-corrected chi connectivity index (χ4v) is 1.65. The quantitative estimate of drug-likeness (QED) is 0.698. The molecule has 4 heteroatoms. The molecule has 1 aromatic rings. The molecule has 0 bridgehead atoms. The van der Waals surface area contributed by atoms with Crippen LogP contribution >= 0.6 is 0 Å². The topological polar surface area (TPSA) is 43.4 Å². The second-order valence-electron chi connectivity index (χ2n) is 3.53. The van der Waals surface area contributed by atoms with E-state index in [0.717, 1.165) is 6.07 Å². The van der Waals surface area contributed by atoms with E-state index < -0.39 is 17.9 Å². The molecule has 78 valence electrons. The fraction of sp³-hybridized carbons (Fsp3) is 0.273. The van der Waals surface area contributed by atoms with Crippen LogP contribution < -0.4 is 0 Å². The third-order valence-electron chi connectivity index (χ3n) is 2.30.